The van der Waals surface area contributed by atoms with Gasteiger partial charge in [-0.1, -0.05) is 6.07 Å². The Morgan fingerprint density at radius 3 is 2.58 bits per heavy atom. The lowest BCUT2D eigenvalue weighted by molar-refractivity contribution is 0.102. The van der Waals surface area contributed by atoms with Crippen molar-refractivity contribution in [2.24, 2.45) is 0 Å². The molecule has 1 N–H and O–H groups in total. The smallest absolute Gasteiger partial charge is 0.257 e. The highest BCUT2D eigenvalue weighted by atomic mass is 19.1. The standard InChI is InChI=1S/C22H21FN6O2/c1-13-10-19(14(2)28(13)16-6-5-7-18(11-16)31-4)22(30)24-21-12-17(8-9-20(21)23)29-15(3)25-26-27-29/h5-12H,1-4H3,(H,24,30). The summed E-state index contributed by atoms with van der Waals surface area (Å²) >= 11 is 0. The van der Waals surface area contributed by atoms with Crippen LogP contribution in [0.15, 0.2) is 48.5 Å². The Balaban J connectivity index is 1.66. The maximum Gasteiger partial charge on any atom is 0.257 e. The van der Waals surface area contributed by atoms with Gasteiger partial charge in [0.05, 0.1) is 24.0 Å². The van der Waals surface area contributed by atoms with Crippen molar-refractivity contribution in [1.82, 2.24) is 24.8 Å². The number of carbonyl (C=O) groups excluding carboxylic acids is 1. The number of rotatable bonds is 5. The minimum atomic E-state index is -0.551. The highest BCUT2D eigenvalue weighted by molar-refractivity contribution is 6.05. The van der Waals surface area contributed by atoms with Crippen molar-refractivity contribution in [2.75, 3.05) is 12.4 Å². The zero-order valence-electron chi connectivity index (χ0n) is 17.5. The summed E-state index contributed by atoms with van der Waals surface area (Å²) in [5, 5.41) is 14.0. The number of hydrogen-bond acceptors (Lipinski definition) is 5. The average molecular weight is 420 g/mol. The van der Waals surface area contributed by atoms with Crippen LogP contribution in [0.2, 0.25) is 0 Å². The fourth-order valence-electron chi connectivity index (χ4n) is 3.54. The number of halogens is 1. The minimum Gasteiger partial charge on any atom is -0.497 e. The normalized spacial score (nSPS) is 10.9. The van der Waals surface area contributed by atoms with Gasteiger partial charge in [-0.3, -0.25) is 4.79 Å². The van der Waals surface area contributed by atoms with Crippen LogP contribution in [0, 0.1) is 26.6 Å². The Hall–Kier alpha value is -4.01. The largest absolute Gasteiger partial charge is 0.497 e. The molecular weight excluding hydrogens is 399 g/mol. The summed E-state index contributed by atoms with van der Waals surface area (Å²) in [4.78, 5) is 13.0. The molecule has 4 aromatic rings. The molecule has 0 aliphatic rings. The summed E-state index contributed by atoms with van der Waals surface area (Å²) in [5.41, 5.74) is 3.51. The number of methoxy groups -OCH3 is 1. The number of aromatic nitrogens is 5. The lowest BCUT2D eigenvalue weighted by Gasteiger charge is -2.12. The monoisotopic (exact) mass is 420 g/mol. The zero-order valence-corrected chi connectivity index (χ0v) is 17.5. The predicted molar refractivity (Wildman–Crippen MR) is 114 cm³/mol. The number of hydrogen-bond donors (Lipinski definition) is 1. The van der Waals surface area contributed by atoms with Crippen molar-refractivity contribution in [3.05, 3.63) is 77.1 Å². The van der Waals surface area contributed by atoms with E-state index in [4.69, 9.17) is 4.74 Å². The number of nitrogens with zero attached hydrogens (tertiary/aromatic N) is 5. The van der Waals surface area contributed by atoms with Crippen LogP contribution >= 0.6 is 0 Å². The Morgan fingerprint density at radius 2 is 1.87 bits per heavy atom. The van der Waals surface area contributed by atoms with E-state index in [1.807, 2.05) is 42.7 Å². The zero-order chi connectivity index (χ0) is 22.1. The number of aryl methyl sites for hydroxylation is 2. The molecule has 9 heteroatoms. The van der Waals surface area contributed by atoms with Crippen molar-refractivity contribution in [3.63, 3.8) is 0 Å². The van der Waals surface area contributed by atoms with Gasteiger partial charge in [-0.05, 0) is 67.6 Å². The van der Waals surface area contributed by atoms with Crippen LogP contribution in [0.5, 0.6) is 5.75 Å². The third kappa shape index (κ3) is 3.77. The van der Waals surface area contributed by atoms with Gasteiger partial charge in [0.25, 0.3) is 5.91 Å². The van der Waals surface area contributed by atoms with E-state index in [2.05, 4.69) is 20.8 Å². The summed E-state index contributed by atoms with van der Waals surface area (Å²) in [6.45, 7) is 5.48. The molecule has 31 heavy (non-hydrogen) atoms. The van der Waals surface area contributed by atoms with Crippen molar-refractivity contribution < 1.29 is 13.9 Å². The molecule has 0 atom stereocenters. The van der Waals surface area contributed by atoms with Gasteiger partial charge in [-0.15, -0.1) is 5.10 Å². The molecule has 0 saturated heterocycles. The number of anilines is 1. The molecule has 0 bridgehead atoms. The number of ether oxygens (including phenoxy) is 1. The van der Waals surface area contributed by atoms with Crippen LogP contribution < -0.4 is 10.1 Å². The first kappa shape index (κ1) is 20.3. The molecular formula is C22H21FN6O2. The molecule has 2 aromatic heterocycles. The van der Waals surface area contributed by atoms with Gasteiger partial charge in [-0.25, -0.2) is 4.39 Å². The Morgan fingerprint density at radius 1 is 1.06 bits per heavy atom. The fraction of sp³-hybridized carbons (Fsp3) is 0.182. The quantitative estimate of drug-likeness (QED) is 0.531. The summed E-state index contributed by atoms with van der Waals surface area (Å²) < 4.78 is 23.1. The number of nitrogens with one attached hydrogen (secondary N) is 1. The molecule has 0 spiro atoms. The van der Waals surface area contributed by atoms with E-state index in [-0.39, 0.29) is 5.69 Å². The van der Waals surface area contributed by atoms with Crippen LogP contribution in [0.4, 0.5) is 10.1 Å². The molecule has 2 heterocycles. The third-order valence-electron chi connectivity index (χ3n) is 5.06. The highest BCUT2D eigenvalue weighted by Gasteiger charge is 2.19. The van der Waals surface area contributed by atoms with E-state index in [0.29, 0.717) is 22.8 Å². The van der Waals surface area contributed by atoms with Crippen molar-refractivity contribution >= 4 is 11.6 Å². The summed E-state index contributed by atoms with van der Waals surface area (Å²) in [6.07, 6.45) is 0. The first-order valence-corrected chi connectivity index (χ1v) is 9.58. The second kappa shape index (κ2) is 8.02. The van der Waals surface area contributed by atoms with E-state index >= 15 is 0 Å². The number of benzene rings is 2. The van der Waals surface area contributed by atoms with E-state index in [0.717, 1.165) is 17.1 Å². The van der Waals surface area contributed by atoms with Crippen LogP contribution in [0.25, 0.3) is 11.4 Å². The van der Waals surface area contributed by atoms with Crippen LogP contribution in [0.3, 0.4) is 0 Å². The molecule has 0 radical (unpaired) electrons. The van der Waals surface area contributed by atoms with Crippen LogP contribution in [-0.4, -0.2) is 37.8 Å². The molecule has 8 nitrogen and oxygen atoms in total. The van der Waals surface area contributed by atoms with Gasteiger partial charge in [0.2, 0.25) is 0 Å². The maximum absolute atomic E-state index is 14.4. The number of carbonyl (C=O) groups is 1. The molecule has 0 fully saturated rings. The fourth-order valence-corrected chi connectivity index (χ4v) is 3.54. The first-order chi connectivity index (χ1) is 14.9. The molecule has 0 aliphatic carbocycles. The lowest BCUT2D eigenvalue weighted by Crippen LogP contribution is -2.14. The molecule has 4 rings (SSSR count). The van der Waals surface area contributed by atoms with Crippen molar-refractivity contribution in [2.45, 2.75) is 20.8 Å². The van der Waals surface area contributed by atoms with Crippen LogP contribution in [0.1, 0.15) is 27.6 Å². The second-order valence-electron chi connectivity index (χ2n) is 7.08. The van der Waals surface area contributed by atoms with Crippen molar-refractivity contribution in [1.29, 1.82) is 0 Å². The number of tetrazole rings is 1. The molecule has 0 unspecified atom stereocenters. The summed E-state index contributed by atoms with van der Waals surface area (Å²) in [6, 6.07) is 13.6. The maximum atomic E-state index is 14.4. The van der Waals surface area contributed by atoms with Gasteiger partial charge >= 0.3 is 0 Å². The molecule has 0 saturated carbocycles. The van der Waals surface area contributed by atoms with E-state index in [9.17, 15) is 9.18 Å². The minimum absolute atomic E-state index is 0.0450. The van der Waals surface area contributed by atoms with Crippen molar-refractivity contribution in [3.8, 4) is 17.1 Å². The predicted octanol–water partition coefficient (Wildman–Crippen LogP) is 3.78. The lowest BCUT2D eigenvalue weighted by atomic mass is 10.2. The Bertz CT molecular complexity index is 1280. The average Bonchev–Trinajstić information content (AvgIpc) is 3.32. The van der Waals surface area contributed by atoms with Gasteiger partial charge < -0.3 is 14.6 Å². The second-order valence-corrected chi connectivity index (χ2v) is 7.08. The first-order valence-electron chi connectivity index (χ1n) is 9.58. The topological polar surface area (TPSA) is 86.9 Å². The van der Waals surface area contributed by atoms with E-state index in [1.165, 1.54) is 16.8 Å². The molecule has 158 valence electrons. The van der Waals surface area contributed by atoms with Gasteiger partial charge in [0, 0.05) is 23.1 Å². The number of amides is 1. The van der Waals surface area contributed by atoms with E-state index < -0.39 is 11.7 Å². The Kier molecular flexibility index (Phi) is 5.24. The molecule has 2 aromatic carbocycles. The van der Waals surface area contributed by atoms with Gasteiger partial charge in [0.15, 0.2) is 5.82 Å². The summed E-state index contributed by atoms with van der Waals surface area (Å²) in [5.74, 6) is 0.301. The SMILES string of the molecule is COc1cccc(-n2c(C)cc(C(=O)Nc3cc(-n4nnnc4C)ccc3F)c2C)c1. The van der Waals surface area contributed by atoms with Gasteiger partial charge in [0.1, 0.15) is 11.6 Å². The Labute approximate surface area is 178 Å². The van der Waals surface area contributed by atoms with E-state index in [1.54, 1.807) is 26.2 Å². The highest BCUT2D eigenvalue weighted by Crippen LogP contribution is 2.25. The van der Waals surface area contributed by atoms with Gasteiger partial charge in [-0.2, -0.15) is 4.68 Å². The molecule has 1 amide bonds. The van der Waals surface area contributed by atoms with Crippen LogP contribution in [-0.2, 0) is 0 Å². The third-order valence-corrected chi connectivity index (χ3v) is 5.06. The molecule has 0 aliphatic heterocycles. The summed E-state index contributed by atoms with van der Waals surface area (Å²) in [7, 11) is 1.60.